The predicted molar refractivity (Wildman–Crippen MR) is 74.7 cm³/mol. The molecule has 0 amide bonds. The lowest BCUT2D eigenvalue weighted by molar-refractivity contribution is -0.145. The third-order valence-electron chi connectivity index (χ3n) is 2.79. The second-order valence-corrected chi connectivity index (χ2v) is 5.56. The van der Waals surface area contributed by atoms with Crippen LogP contribution < -0.4 is 0 Å². The van der Waals surface area contributed by atoms with Crippen LogP contribution in [0.5, 0.6) is 0 Å². The molecule has 0 aliphatic heterocycles. The summed E-state index contributed by atoms with van der Waals surface area (Å²) >= 11 is 17.2. The van der Waals surface area contributed by atoms with Gasteiger partial charge in [0.25, 0.3) is 0 Å². The lowest BCUT2D eigenvalue weighted by atomic mass is 10.0. The van der Waals surface area contributed by atoms with E-state index in [1.807, 2.05) is 0 Å². The van der Waals surface area contributed by atoms with Crippen LogP contribution in [0.25, 0.3) is 11.1 Å². The van der Waals surface area contributed by atoms with Crippen molar-refractivity contribution in [2.75, 3.05) is 0 Å². The highest BCUT2D eigenvalue weighted by molar-refractivity contribution is 6.48. The van der Waals surface area contributed by atoms with Gasteiger partial charge in [-0.15, -0.1) is 0 Å². The molecule has 23 heavy (non-hydrogen) atoms. The van der Waals surface area contributed by atoms with E-state index < -0.39 is 29.2 Å². The summed E-state index contributed by atoms with van der Waals surface area (Å²) in [5.41, 5.74) is -3.90. The highest BCUT2D eigenvalue weighted by Crippen LogP contribution is 2.42. The van der Waals surface area contributed by atoms with Crippen molar-refractivity contribution in [1.82, 2.24) is 4.98 Å². The van der Waals surface area contributed by atoms with Crippen LogP contribution in [0.2, 0.25) is 15.1 Å². The number of aromatic nitrogens is 1. The molecule has 0 saturated carbocycles. The lowest BCUT2D eigenvalue weighted by Crippen LogP contribution is -2.14. The number of alkyl halides is 6. The minimum Gasteiger partial charge on any atom is -0.251 e. The van der Waals surface area contributed by atoms with Crippen LogP contribution in [0.15, 0.2) is 24.4 Å². The standard InChI is InChI=1S/C13H4Cl3F6N/c14-8-1-5(2-9(15)11(8)16)6-4-23-10(13(20,21)22)3-7(6)12(17,18)19/h1-4H. The smallest absolute Gasteiger partial charge is 0.251 e. The second kappa shape index (κ2) is 6.03. The van der Waals surface area contributed by atoms with Crippen molar-refractivity contribution in [3.63, 3.8) is 0 Å². The average Bonchev–Trinajstić information content (AvgIpc) is 2.41. The van der Waals surface area contributed by atoms with E-state index in [1.54, 1.807) is 0 Å². The fourth-order valence-corrected chi connectivity index (χ4v) is 2.38. The fraction of sp³-hybridized carbons (Fsp3) is 0.154. The van der Waals surface area contributed by atoms with E-state index in [1.165, 1.54) is 0 Å². The van der Waals surface area contributed by atoms with Gasteiger partial charge in [-0.25, -0.2) is 0 Å². The largest absolute Gasteiger partial charge is 0.433 e. The first kappa shape index (κ1) is 18.2. The molecular formula is C13H4Cl3F6N. The summed E-state index contributed by atoms with van der Waals surface area (Å²) in [7, 11) is 0. The maximum atomic E-state index is 13.1. The Labute approximate surface area is 140 Å². The summed E-state index contributed by atoms with van der Waals surface area (Å²) in [5.74, 6) is 0. The Morgan fingerprint density at radius 2 is 1.30 bits per heavy atom. The third-order valence-corrected chi connectivity index (χ3v) is 3.99. The van der Waals surface area contributed by atoms with Crippen molar-refractivity contribution < 1.29 is 26.3 Å². The van der Waals surface area contributed by atoms with Gasteiger partial charge in [-0.05, 0) is 23.8 Å². The van der Waals surface area contributed by atoms with Gasteiger partial charge in [0.15, 0.2) is 0 Å². The van der Waals surface area contributed by atoms with Crippen molar-refractivity contribution in [3.8, 4) is 11.1 Å². The molecule has 0 unspecified atom stereocenters. The SMILES string of the molecule is FC(F)(F)c1cc(C(F)(F)F)c(-c2cc(Cl)c(Cl)c(Cl)c2)cn1. The molecule has 0 N–H and O–H groups in total. The van der Waals surface area contributed by atoms with Crippen LogP contribution in [-0.4, -0.2) is 4.98 Å². The summed E-state index contributed by atoms with van der Waals surface area (Å²) in [6, 6.07) is 2.07. The van der Waals surface area contributed by atoms with E-state index in [2.05, 4.69) is 4.98 Å². The van der Waals surface area contributed by atoms with Gasteiger partial charge in [0.1, 0.15) is 5.69 Å². The molecule has 0 bridgehead atoms. The van der Waals surface area contributed by atoms with Crippen LogP contribution in [-0.2, 0) is 12.4 Å². The predicted octanol–water partition coefficient (Wildman–Crippen LogP) is 6.75. The third kappa shape index (κ3) is 3.84. The van der Waals surface area contributed by atoms with Gasteiger partial charge in [0.05, 0.1) is 20.6 Å². The minimum absolute atomic E-state index is 0.0637. The van der Waals surface area contributed by atoms with Crippen molar-refractivity contribution in [2.45, 2.75) is 12.4 Å². The Morgan fingerprint density at radius 3 is 1.74 bits per heavy atom. The van der Waals surface area contributed by atoms with Crippen molar-refractivity contribution in [2.24, 2.45) is 0 Å². The van der Waals surface area contributed by atoms with Crippen LogP contribution in [0.1, 0.15) is 11.3 Å². The fourth-order valence-electron chi connectivity index (χ4n) is 1.79. The number of nitrogens with zero attached hydrogens (tertiary/aromatic N) is 1. The molecule has 0 saturated heterocycles. The molecule has 1 aromatic carbocycles. The summed E-state index contributed by atoms with van der Waals surface area (Å²) in [6.07, 6.45) is -9.56. The maximum Gasteiger partial charge on any atom is 0.433 e. The van der Waals surface area contributed by atoms with Gasteiger partial charge in [0, 0.05) is 11.8 Å². The summed E-state index contributed by atoms with van der Waals surface area (Å²) in [5, 5.41) is -0.352. The van der Waals surface area contributed by atoms with Gasteiger partial charge in [-0.1, -0.05) is 34.8 Å². The molecule has 124 valence electrons. The van der Waals surface area contributed by atoms with Crippen LogP contribution >= 0.6 is 34.8 Å². The highest BCUT2D eigenvalue weighted by atomic mass is 35.5. The molecule has 0 spiro atoms. The van der Waals surface area contributed by atoms with Gasteiger partial charge in [-0.2, -0.15) is 26.3 Å². The molecular weight excluding hydrogens is 390 g/mol. The van der Waals surface area contributed by atoms with E-state index in [0.29, 0.717) is 6.20 Å². The molecule has 0 radical (unpaired) electrons. The van der Waals surface area contributed by atoms with Crippen molar-refractivity contribution in [3.05, 3.63) is 50.7 Å². The van der Waals surface area contributed by atoms with Gasteiger partial charge < -0.3 is 0 Å². The highest BCUT2D eigenvalue weighted by Gasteiger charge is 2.39. The van der Waals surface area contributed by atoms with Gasteiger partial charge >= 0.3 is 12.4 Å². The minimum atomic E-state index is -5.03. The number of benzene rings is 1. The zero-order valence-corrected chi connectivity index (χ0v) is 12.9. The topological polar surface area (TPSA) is 12.9 Å². The Bertz CT molecular complexity index is 731. The zero-order valence-electron chi connectivity index (χ0n) is 10.7. The lowest BCUT2D eigenvalue weighted by Gasteiger charge is -2.16. The first-order valence-corrected chi connectivity index (χ1v) is 6.84. The number of rotatable bonds is 1. The number of hydrogen-bond acceptors (Lipinski definition) is 1. The average molecular weight is 395 g/mol. The number of halogens is 9. The number of hydrogen-bond donors (Lipinski definition) is 0. The quantitative estimate of drug-likeness (QED) is 0.385. The normalized spacial score (nSPS) is 12.6. The molecule has 0 atom stereocenters. The summed E-state index contributed by atoms with van der Waals surface area (Å²) in [6.45, 7) is 0. The first-order valence-electron chi connectivity index (χ1n) is 5.70. The molecule has 1 heterocycles. The van der Waals surface area contributed by atoms with Crippen LogP contribution in [0.3, 0.4) is 0 Å². The summed E-state index contributed by atoms with van der Waals surface area (Å²) < 4.78 is 77.0. The molecule has 0 aliphatic rings. The molecule has 1 nitrogen and oxygen atoms in total. The molecule has 10 heteroatoms. The zero-order chi connectivity index (χ0) is 17.6. The second-order valence-electron chi connectivity index (χ2n) is 4.36. The van der Waals surface area contributed by atoms with Crippen molar-refractivity contribution in [1.29, 1.82) is 0 Å². The Morgan fingerprint density at radius 1 is 0.783 bits per heavy atom. The summed E-state index contributed by atoms with van der Waals surface area (Å²) in [4.78, 5) is 3.04. The van der Waals surface area contributed by atoms with E-state index >= 15 is 0 Å². The van der Waals surface area contributed by atoms with Crippen LogP contribution in [0.4, 0.5) is 26.3 Å². The van der Waals surface area contributed by atoms with Crippen LogP contribution in [0, 0.1) is 0 Å². The Hall–Kier alpha value is -1.18. The maximum absolute atomic E-state index is 13.1. The van der Waals surface area contributed by atoms with E-state index in [0.717, 1.165) is 12.1 Å². The Kier molecular flexibility index (Phi) is 4.76. The first-order chi connectivity index (χ1) is 10.4. The molecule has 2 rings (SSSR count). The van der Waals surface area contributed by atoms with Gasteiger partial charge in [-0.3, -0.25) is 4.98 Å². The van der Waals surface area contributed by atoms with Crippen molar-refractivity contribution >= 4 is 34.8 Å². The molecule has 1 aromatic heterocycles. The van der Waals surface area contributed by atoms with E-state index in [-0.39, 0.29) is 26.7 Å². The molecule has 2 aromatic rings. The molecule has 0 fully saturated rings. The number of pyridine rings is 1. The van der Waals surface area contributed by atoms with E-state index in [4.69, 9.17) is 34.8 Å². The molecule has 0 aliphatic carbocycles. The van der Waals surface area contributed by atoms with E-state index in [9.17, 15) is 26.3 Å². The monoisotopic (exact) mass is 393 g/mol. The Balaban J connectivity index is 2.72. The van der Waals surface area contributed by atoms with Gasteiger partial charge in [0.2, 0.25) is 0 Å².